The summed E-state index contributed by atoms with van der Waals surface area (Å²) < 4.78 is 34.2. The molecule has 1 saturated heterocycles. The number of fused-ring (bicyclic) bond motifs is 2. The Balaban J connectivity index is 1.33. The molecular weight excluding hydrogens is 502 g/mol. The van der Waals surface area contributed by atoms with Gasteiger partial charge in [0.15, 0.2) is 11.6 Å². The normalized spacial score (nSPS) is 17.7. The molecule has 2 aromatic heterocycles. The number of nitrogens with zero attached hydrogens (tertiary/aromatic N) is 4. The second kappa shape index (κ2) is 10.7. The van der Waals surface area contributed by atoms with Gasteiger partial charge in [0.25, 0.3) is 5.91 Å². The fourth-order valence-corrected chi connectivity index (χ4v) is 5.68. The van der Waals surface area contributed by atoms with Crippen LogP contribution in [0, 0.1) is 11.6 Å². The standard InChI is InChI=1S/C30H34F2N4O3/c1-4-36(28(37)29(2,3)38)27(21-6-7-24(31)25(32)15-21)26-8-5-20(16-34-26)18-35-13-10-30(11-14-35)23-17-33-12-9-22(23)19-39-30/h5-9,12,15-17,27,38H,4,10-11,13-14,18-19H2,1-3H3. The van der Waals surface area contributed by atoms with Gasteiger partial charge in [-0.1, -0.05) is 12.1 Å². The first kappa shape index (κ1) is 27.3. The zero-order valence-corrected chi connectivity index (χ0v) is 22.5. The second-order valence-corrected chi connectivity index (χ2v) is 10.9. The lowest BCUT2D eigenvalue weighted by Crippen LogP contribution is -2.47. The summed E-state index contributed by atoms with van der Waals surface area (Å²) in [7, 11) is 0. The third kappa shape index (κ3) is 5.44. The summed E-state index contributed by atoms with van der Waals surface area (Å²) in [5, 5.41) is 10.4. The number of carbonyl (C=O) groups is 1. The number of amides is 1. The average molecular weight is 537 g/mol. The van der Waals surface area contributed by atoms with Gasteiger partial charge in [0.1, 0.15) is 5.60 Å². The number of pyridine rings is 2. The number of likely N-dealkylation sites (N-methyl/N-ethyl adjacent to an activating group) is 1. The van der Waals surface area contributed by atoms with Crippen molar-refractivity contribution >= 4 is 5.91 Å². The first-order valence-corrected chi connectivity index (χ1v) is 13.3. The van der Waals surface area contributed by atoms with Crippen molar-refractivity contribution in [3.05, 3.63) is 94.6 Å². The SMILES string of the molecule is CCN(C(=O)C(C)(C)O)C(c1ccc(F)c(F)c1)c1ccc(CN2CCC3(CC2)OCc2ccncc23)cn1. The predicted molar refractivity (Wildman–Crippen MR) is 141 cm³/mol. The number of rotatable bonds is 7. The highest BCUT2D eigenvalue weighted by molar-refractivity contribution is 5.84. The van der Waals surface area contributed by atoms with Gasteiger partial charge in [0, 0.05) is 50.3 Å². The zero-order chi connectivity index (χ0) is 27.8. The number of carbonyl (C=O) groups excluding carboxylic acids is 1. The molecular formula is C30H34F2N4O3. The highest BCUT2D eigenvalue weighted by Crippen LogP contribution is 2.43. The first-order valence-electron chi connectivity index (χ1n) is 13.3. The lowest BCUT2D eigenvalue weighted by molar-refractivity contribution is -0.149. The number of hydrogen-bond donors (Lipinski definition) is 1. The van der Waals surface area contributed by atoms with Gasteiger partial charge in [-0.05, 0) is 74.6 Å². The monoisotopic (exact) mass is 536 g/mol. The van der Waals surface area contributed by atoms with Gasteiger partial charge in [-0.15, -0.1) is 0 Å². The molecule has 2 aliphatic heterocycles. The minimum absolute atomic E-state index is 0.242. The van der Waals surface area contributed by atoms with Crippen LogP contribution in [0.15, 0.2) is 55.0 Å². The largest absolute Gasteiger partial charge is 0.381 e. The Labute approximate surface area is 227 Å². The topological polar surface area (TPSA) is 78.8 Å². The van der Waals surface area contributed by atoms with Gasteiger partial charge < -0.3 is 14.7 Å². The van der Waals surface area contributed by atoms with Crippen molar-refractivity contribution in [2.24, 2.45) is 0 Å². The smallest absolute Gasteiger partial charge is 0.254 e. The molecule has 4 heterocycles. The Morgan fingerprint density at radius 3 is 2.56 bits per heavy atom. The molecule has 1 atom stereocenters. The van der Waals surface area contributed by atoms with Crippen molar-refractivity contribution in [1.29, 1.82) is 0 Å². The molecule has 1 spiro atoms. The lowest BCUT2D eigenvalue weighted by Gasteiger charge is -2.39. The van der Waals surface area contributed by atoms with Crippen LogP contribution < -0.4 is 0 Å². The minimum atomic E-state index is -1.64. The van der Waals surface area contributed by atoms with Gasteiger partial charge in [-0.2, -0.15) is 0 Å². The summed E-state index contributed by atoms with van der Waals surface area (Å²) in [6.07, 6.45) is 7.29. The van der Waals surface area contributed by atoms with Crippen LogP contribution >= 0.6 is 0 Å². The van der Waals surface area contributed by atoms with Crippen LogP contribution in [-0.4, -0.2) is 56.0 Å². The van der Waals surface area contributed by atoms with Crippen LogP contribution in [0.5, 0.6) is 0 Å². The van der Waals surface area contributed by atoms with Gasteiger partial charge in [-0.3, -0.25) is 19.7 Å². The molecule has 2 aliphatic rings. The number of halogens is 2. The quantitative estimate of drug-likeness (QED) is 0.480. The van der Waals surface area contributed by atoms with Crippen LogP contribution in [0.3, 0.4) is 0 Å². The van der Waals surface area contributed by atoms with Crippen LogP contribution in [-0.2, 0) is 28.3 Å². The molecule has 0 radical (unpaired) electrons. The number of aromatic nitrogens is 2. The van der Waals surface area contributed by atoms with Crippen LogP contribution in [0.2, 0.25) is 0 Å². The molecule has 3 aromatic rings. The van der Waals surface area contributed by atoms with Crippen LogP contribution in [0.25, 0.3) is 0 Å². The molecule has 5 rings (SSSR count). The van der Waals surface area contributed by atoms with Crippen molar-refractivity contribution in [2.75, 3.05) is 19.6 Å². The average Bonchev–Trinajstić information content (AvgIpc) is 3.28. The van der Waals surface area contributed by atoms with Crippen molar-refractivity contribution in [1.82, 2.24) is 19.8 Å². The fourth-order valence-electron chi connectivity index (χ4n) is 5.68. The van der Waals surface area contributed by atoms with E-state index < -0.39 is 29.2 Å². The number of benzene rings is 1. The Bertz CT molecular complexity index is 1330. The summed E-state index contributed by atoms with van der Waals surface area (Å²) in [5.41, 5.74) is 2.42. The molecule has 1 N–H and O–H groups in total. The van der Waals surface area contributed by atoms with Crippen molar-refractivity contribution in [3.63, 3.8) is 0 Å². The summed E-state index contributed by atoms with van der Waals surface area (Å²) in [5.74, 6) is -2.50. The fraction of sp³-hybridized carbons (Fsp3) is 0.433. The Kier molecular flexibility index (Phi) is 7.50. The van der Waals surface area contributed by atoms with Crippen LogP contribution in [0.1, 0.15) is 67.6 Å². The summed E-state index contributed by atoms with van der Waals surface area (Å²) in [4.78, 5) is 25.9. The Hall–Kier alpha value is -3.27. The molecule has 7 nitrogen and oxygen atoms in total. The van der Waals surface area contributed by atoms with E-state index >= 15 is 0 Å². The second-order valence-electron chi connectivity index (χ2n) is 10.9. The molecule has 1 fully saturated rings. The molecule has 0 bridgehead atoms. The van der Waals surface area contributed by atoms with E-state index in [0.717, 1.165) is 43.6 Å². The number of likely N-dealkylation sites (tertiary alicyclic amines) is 1. The third-order valence-corrected chi connectivity index (χ3v) is 7.80. The van der Waals surface area contributed by atoms with Gasteiger partial charge in [-0.25, -0.2) is 8.78 Å². The number of ether oxygens (including phenoxy) is 1. The van der Waals surface area contributed by atoms with Crippen LogP contribution in [0.4, 0.5) is 8.78 Å². The lowest BCUT2D eigenvalue weighted by atomic mass is 9.84. The molecule has 0 saturated carbocycles. The third-order valence-electron chi connectivity index (χ3n) is 7.80. The first-order chi connectivity index (χ1) is 18.6. The van der Waals surface area contributed by atoms with Crippen molar-refractivity contribution in [2.45, 2.75) is 64.0 Å². The minimum Gasteiger partial charge on any atom is -0.381 e. The molecule has 0 aliphatic carbocycles. The van der Waals surface area contributed by atoms with Crippen molar-refractivity contribution < 1.29 is 23.4 Å². The summed E-state index contributed by atoms with van der Waals surface area (Å²) in [6, 6.07) is 8.58. The van der Waals surface area contributed by atoms with Gasteiger partial charge >= 0.3 is 0 Å². The number of aliphatic hydroxyl groups is 1. The highest BCUT2D eigenvalue weighted by atomic mass is 19.2. The molecule has 206 valence electrons. The maximum atomic E-state index is 14.2. The van der Waals surface area contributed by atoms with E-state index in [2.05, 4.69) is 14.9 Å². The Morgan fingerprint density at radius 1 is 1.15 bits per heavy atom. The maximum absolute atomic E-state index is 14.2. The van der Waals surface area contributed by atoms with E-state index in [-0.39, 0.29) is 12.1 Å². The molecule has 39 heavy (non-hydrogen) atoms. The molecule has 1 unspecified atom stereocenters. The number of hydrogen-bond acceptors (Lipinski definition) is 6. The van der Waals surface area contributed by atoms with Gasteiger partial charge in [0.2, 0.25) is 0 Å². The van der Waals surface area contributed by atoms with E-state index in [1.165, 1.54) is 35.9 Å². The molecule has 1 aromatic carbocycles. The molecule has 9 heteroatoms. The van der Waals surface area contributed by atoms with E-state index in [9.17, 15) is 18.7 Å². The summed E-state index contributed by atoms with van der Waals surface area (Å²) >= 11 is 0. The van der Waals surface area contributed by atoms with Gasteiger partial charge in [0.05, 0.1) is 23.9 Å². The van der Waals surface area contributed by atoms with E-state index in [0.29, 0.717) is 24.4 Å². The maximum Gasteiger partial charge on any atom is 0.254 e. The van der Waals surface area contributed by atoms with Crippen molar-refractivity contribution in [3.8, 4) is 0 Å². The summed E-state index contributed by atoms with van der Waals surface area (Å²) in [6.45, 7) is 7.92. The van der Waals surface area contributed by atoms with E-state index in [4.69, 9.17) is 4.74 Å². The van der Waals surface area contributed by atoms with E-state index in [1.54, 1.807) is 13.1 Å². The molecule has 1 amide bonds. The zero-order valence-electron chi connectivity index (χ0n) is 22.5. The Morgan fingerprint density at radius 2 is 1.92 bits per heavy atom. The number of piperidine rings is 1. The highest BCUT2D eigenvalue weighted by Gasteiger charge is 2.42. The van der Waals surface area contributed by atoms with E-state index in [1.807, 2.05) is 30.6 Å². The predicted octanol–water partition coefficient (Wildman–Crippen LogP) is 4.49.